The summed E-state index contributed by atoms with van der Waals surface area (Å²) in [5, 5.41) is 10.1. The van der Waals surface area contributed by atoms with Crippen LogP contribution in [0.3, 0.4) is 0 Å². The first-order valence-corrected chi connectivity index (χ1v) is 7.53. The van der Waals surface area contributed by atoms with Crippen LogP contribution in [0.15, 0.2) is 11.8 Å². The van der Waals surface area contributed by atoms with Gasteiger partial charge in [0.05, 0.1) is 20.1 Å². The smallest absolute Gasteiger partial charge is 0.316 e. The number of aldehydes is 1. The zero-order valence-electron chi connectivity index (χ0n) is 13.3. The molecule has 0 spiro atoms. The molecule has 0 saturated carbocycles. The van der Waals surface area contributed by atoms with Crippen molar-refractivity contribution in [3.8, 4) is 0 Å². The Balaban J connectivity index is 3.19. The van der Waals surface area contributed by atoms with Crippen molar-refractivity contribution in [3.63, 3.8) is 0 Å². The lowest BCUT2D eigenvalue weighted by atomic mass is 9.68. The van der Waals surface area contributed by atoms with Crippen LogP contribution in [-0.4, -0.2) is 37.6 Å². The topological polar surface area (TPSA) is 89.9 Å². The van der Waals surface area contributed by atoms with Crippen LogP contribution in [0.5, 0.6) is 0 Å². The first-order chi connectivity index (χ1) is 10.5. The summed E-state index contributed by atoms with van der Waals surface area (Å²) in [6.45, 7) is 2.04. The van der Waals surface area contributed by atoms with Gasteiger partial charge in [-0.25, -0.2) is 0 Å². The third-order valence-corrected chi connectivity index (χ3v) is 4.21. The molecule has 0 saturated heterocycles. The maximum atomic E-state index is 12.1. The van der Waals surface area contributed by atoms with Gasteiger partial charge in [0.15, 0.2) is 0 Å². The van der Waals surface area contributed by atoms with Gasteiger partial charge in [-0.3, -0.25) is 9.59 Å². The highest BCUT2D eigenvalue weighted by molar-refractivity contribution is 5.82. The van der Waals surface area contributed by atoms with E-state index in [2.05, 4.69) is 0 Å². The molecule has 0 fully saturated rings. The van der Waals surface area contributed by atoms with E-state index < -0.39 is 35.6 Å². The van der Waals surface area contributed by atoms with Crippen molar-refractivity contribution in [1.29, 1.82) is 0 Å². The highest BCUT2D eigenvalue weighted by Crippen LogP contribution is 2.41. The molecule has 0 aliphatic heterocycles. The predicted molar refractivity (Wildman–Crippen MR) is 78.9 cm³/mol. The number of aliphatic hydroxyl groups excluding tert-OH is 1. The fraction of sp³-hybridized carbons (Fsp3) is 0.688. The van der Waals surface area contributed by atoms with Crippen LogP contribution < -0.4 is 0 Å². The molecule has 0 aromatic heterocycles. The number of hydrogen-bond donors (Lipinski definition) is 1. The van der Waals surface area contributed by atoms with Crippen molar-refractivity contribution in [1.82, 2.24) is 0 Å². The first-order valence-electron chi connectivity index (χ1n) is 7.53. The van der Waals surface area contributed by atoms with Gasteiger partial charge in [-0.15, -0.1) is 0 Å². The number of carbonyl (C=O) groups is 3. The zero-order valence-corrected chi connectivity index (χ0v) is 13.3. The van der Waals surface area contributed by atoms with Crippen molar-refractivity contribution in [2.24, 2.45) is 23.7 Å². The molecule has 124 valence electrons. The van der Waals surface area contributed by atoms with Crippen LogP contribution in [0.4, 0.5) is 0 Å². The number of allylic oxidation sites excluding steroid dienone is 1. The van der Waals surface area contributed by atoms with Crippen molar-refractivity contribution in [3.05, 3.63) is 11.8 Å². The molecule has 1 N–H and O–H groups in total. The van der Waals surface area contributed by atoms with Gasteiger partial charge in [0.2, 0.25) is 0 Å². The van der Waals surface area contributed by atoms with Gasteiger partial charge in [0.25, 0.3) is 0 Å². The van der Waals surface area contributed by atoms with E-state index in [-0.39, 0.29) is 5.76 Å². The van der Waals surface area contributed by atoms with Gasteiger partial charge < -0.3 is 19.4 Å². The highest BCUT2D eigenvalue weighted by Gasteiger charge is 2.47. The lowest BCUT2D eigenvalue weighted by Crippen LogP contribution is -2.43. The van der Waals surface area contributed by atoms with Crippen LogP contribution >= 0.6 is 0 Å². The van der Waals surface area contributed by atoms with Crippen LogP contribution in [-0.2, 0) is 23.9 Å². The molecule has 4 atom stereocenters. The van der Waals surface area contributed by atoms with E-state index in [0.29, 0.717) is 12.7 Å². The third-order valence-electron chi connectivity index (χ3n) is 4.21. The Kier molecular flexibility index (Phi) is 7.08. The Morgan fingerprint density at radius 1 is 1.23 bits per heavy atom. The number of carbonyl (C=O) groups excluding carboxylic acids is 3. The predicted octanol–water partition coefficient (Wildman–Crippen LogP) is 2.03. The van der Waals surface area contributed by atoms with E-state index in [1.165, 1.54) is 20.3 Å². The van der Waals surface area contributed by atoms with Gasteiger partial charge in [0, 0.05) is 5.92 Å². The van der Waals surface area contributed by atoms with Crippen molar-refractivity contribution < 1.29 is 29.0 Å². The van der Waals surface area contributed by atoms with Crippen LogP contribution in [0, 0.1) is 23.7 Å². The van der Waals surface area contributed by atoms with E-state index in [4.69, 9.17) is 9.47 Å². The maximum Gasteiger partial charge on any atom is 0.316 e. The third kappa shape index (κ3) is 3.87. The second kappa shape index (κ2) is 8.56. The average Bonchev–Trinajstić information content (AvgIpc) is 2.53. The van der Waals surface area contributed by atoms with E-state index in [0.717, 1.165) is 19.3 Å². The summed E-state index contributed by atoms with van der Waals surface area (Å²) in [7, 11) is 2.48. The number of methoxy groups -OCH3 is 2. The number of esters is 2. The molecule has 0 radical (unpaired) electrons. The van der Waals surface area contributed by atoms with E-state index in [1.54, 1.807) is 0 Å². The number of aliphatic hydroxyl groups is 1. The molecule has 0 amide bonds. The molecule has 1 aliphatic carbocycles. The summed E-state index contributed by atoms with van der Waals surface area (Å²) in [4.78, 5) is 35.4. The molecule has 0 aromatic carbocycles. The van der Waals surface area contributed by atoms with Crippen molar-refractivity contribution in [2.75, 3.05) is 14.2 Å². The molecule has 6 heteroatoms. The zero-order chi connectivity index (χ0) is 16.7. The second-order valence-corrected chi connectivity index (χ2v) is 5.51. The molecular formula is C16H24O6. The van der Waals surface area contributed by atoms with Gasteiger partial charge >= 0.3 is 11.9 Å². The van der Waals surface area contributed by atoms with Crippen LogP contribution in [0.25, 0.3) is 0 Å². The van der Waals surface area contributed by atoms with Gasteiger partial charge in [-0.1, -0.05) is 26.2 Å². The molecule has 0 bridgehead atoms. The number of rotatable bonds is 7. The summed E-state index contributed by atoms with van der Waals surface area (Å²) in [6.07, 6.45) is 5.12. The average molecular weight is 312 g/mol. The molecule has 0 aromatic rings. The Hall–Kier alpha value is -1.85. The number of hydrogen-bond acceptors (Lipinski definition) is 6. The maximum absolute atomic E-state index is 12.1. The van der Waals surface area contributed by atoms with Gasteiger partial charge in [-0.05, 0) is 18.4 Å². The van der Waals surface area contributed by atoms with Crippen molar-refractivity contribution in [2.45, 2.75) is 32.6 Å². The Bertz CT molecular complexity index is 442. The fourth-order valence-corrected chi connectivity index (χ4v) is 3.11. The molecule has 6 nitrogen and oxygen atoms in total. The van der Waals surface area contributed by atoms with E-state index in [1.807, 2.05) is 6.92 Å². The van der Waals surface area contributed by atoms with E-state index in [9.17, 15) is 19.5 Å². The number of unbranched alkanes of at least 4 members (excludes halogenated alkanes) is 2. The largest absolute Gasteiger partial charge is 0.512 e. The normalized spacial score (nSPS) is 27.7. The Morgan fingerprint density at radius 2 is 1.86 bits per heavy atom. The summed E-state index contributed by atoms with van der Waals surface area (Å²) >= 11 is 0. The molecule has 22 heavy (non-hydrogen) atoms. The molecule has 4 unspecified atom stereocenters. The van der Waals surface area contributed by atoms with E-state index >= 15 is 0 Å². The standard InChI is InChI=1S/C16H24O6/c1-4-5-6-7-11-13(15(19)21-2)10(9-17)8-12(18)14(11)16(20)22-3/h8-11,13-14,18H,4-7H2,1-3H3. The lowest BCUT2D eigenvalue weighted by Gasteiger charge is -2.36. The Morgan fingerprint density at radius 3 is 2.36 bits per heavy atom. The van der Waals surface area contributed by atoms with Crippen LogP contribution in [0.2, 0.25) is 0 Å². The Labute approximate surface area is 130 Å². The van der Waals surface area contributed by atoms with Crippen molar-refractivity contribution >= 4 is 18.2 Å². The monoisotopic (exact) mass is 312 g/mol. The SMILES string of the molecule is CCCCCC1C(C(=O)OC)C(O)=CC(C=O)C1C(=O)OC. The minimum atomic E-state index is -0.929. The van der Waals surface area contributed by atoms with Gasteiger partial charge in [0.1, 0.15) is 18.0 Å². The fourth-order valence-electron chi connectivity index (χ4n) is 3.11. The lowest BCUT2D eigenvalue weighted by molar-refractivity contribution is -0.157. The molecule has 1 rings (SSSR count). The molecule has 1 aliphatic rings. The minimum Gasteiger partial charge on any atom is -0.512 e. The van der Waals surface area contributed by atoms with Gasteiger partial charge in [-0.2, -0.15) is 0 Å². The quantitative estimate of drug-likeness (QED) is 0.439. The number of ether oxygens (including phenoxy) is 2. The highest BCUT2D eigenvalue weighted by atomic mass is 16.5. The summed E-state index contributed by atoms with van der Waals surface area (Å²) in [6, 6.07) is 0. The minimum absolute atomic E-state index is 0.203. The molecule has 0 heterocycles. The van der Waals surface area contributed by atoms with Crippen LogP contribution in [0.1, 0.15) is 32.6 Å². The summed E-state index contributed by atoms with van der Waals surface area (Å²) in [5.41, 5.74) is 0. The summed E-state index contributed by atoms with van der Waals surface area (Å²) in [5.74, 6) is -4.36. The molecular weight excluding hydrogens is 288 g/mol. The first kappa shape index (κ1) is 18.2. The second-order valence-electron chi connectivity index (χ2n) is 5.51. The summed E-state index contributed by atoms with van der Waals surface area (Å²) < 4.78 is 9.54.